The third kappa shape index (κ3) is 5.95. The number of carbonyl (C=O) groups is 1. The lowest BCUT2D eigenvalue weighted by molar-refractivity contribution is -0.118. The minimum absolute atomic E-state index is 0.117. The Morgan fingerprint density at radius 2 is 1.78 bits per heavy atom. The van der Waals surface area contributed by atoms with Crippen LogP contribution >= 0.6 is 27.7 Å². The summed E-state index contributed by atoms with van der Waals surface area (Å²) < 4.78 is 13.7. The van der Waals surface area contributed by atoms with E-state index in [0.717, 1.165) is 21.3 Å². The Morgan fingerprint density at radius 3 is 2.50 bits per heavy atom. The highest BCUT2D eigenvalue weighted by Crippen LogP contribution is 2.34. The average Bonchev–Trinajstić information content (AvgIpc) is 3.34. The summed E-state index contributed by atoms with van der Waals surface area (Å²) in [6, 6.07) is 23.0. The van der Waals surface area contributed by atoms with Gasteiger partial charge in [-0.05, 0) is 55.0 Å². The number of hydrogen-bond acceptors (Lipinski definition) is 7. The SMILES string of the molecule is COc1ccc(-c2nnc(SCC(=O)NN=C(C)c3cccc(Br)c3)n2-c2ccccc2)cc1OC. The van der Waals surface area contributed by atoms with Gasteiger partial charge >= 0.3 is 0 Å². The van der Waals surface area contributed by atoms with Crippen molar-refractivity contribution >= 4 is 39.3 Å². The van der Waals surface area contributed by atoms with E-state index in [0.29, 0.717) is 28.2 Å². The highest BCUT2D eigenvalue weighted by atomic mass is 79.9. The summed E-state index contributed by atoms with van der Waals surface area (Å²) in [7, 11) is 3.18. The van der Waals surface area contributed by atoms with Gasteiger partial charge in [-0.15, -0.1) is 10.2 Å². The van der Waals surface area contributed by atoms with Crippen molar-refractivity contribution in [2.24, 2.45) is 5.10 Å². The monoisotopic (exact) mass is 565 g/mol. The normalized spacial score (nSPS) is 11.3. The van der Waals surface area contributed by atoms with E-state index in [4.69, 9.17) is 9.47 Å². The van der Waals surface area contributed by atoms with Crippen molar-refractivity contribution in [1.82, 2.24) is 20.2 Å². The van der Waals surface area contributed by atoms with E-state index in [9.17, 15) is 4.79 Å². The van der Waals surface area contributed by atoms with E-state index in [-0.39, 0.29) is 11.7 Å². The van der Waals surface area contributed by atoms with Gasteiger partial charge in [0.05, 0.1) is 25.7 Å². The summed E-state index contributed by atoms with van der Waals surface area (Å²) >= 11 is 4.72. The Bertz CT molecular complexity index is 1390. The largest absolute Gasteiger partial charge is 0.493 e. The molecule has 4 rings (SSSR count). The molecule has 1 heterocycles. The minimum atomic E-state index is -0.246. The molecule has 8 nitrogen and oxygen atoms in total. The summed E-state index contributed by atoms with van der Waals surface area (Å²) in [6.07, 6.45) is 0. The van der Waals surface area contributed by atoms with Crippen molar-refractivity contribution in [3.63, 3.8) is 0 Å². The average molecular weight is 566 g/mol. The first-order valence-corrected chi connectivity index (χ1v) is 12.7. The Labute approximate surface area is 221 Å². The van der Waals surface area contributed by atoms with E-state index in [2.05, 4.69) is 36.7 Å². The van der Waals surface area contributed by atoms with Gasteiger partial charge in [-0.1, -0.05) is 58.0 Å². The molecule has 1 N–H and O–H groups in total. The van der Waals surface area contributed by atoms with Crippen molar-refractivity contribution in [2.75, 3.05) is 20.0 Å². The van der Waals surface area contributed by atoms with E-state index in [1.807, 2.05) is 84.3 Å². The van der Waals surface area contributed by atoms with Crippen LogP contribution in [0.1, 0.15) is 12.5 Å². The summed E-state index contributed by atoms with van der Waals surface area (Å²) in [5.41, 5.74) is 5.92. The van der Waals surface area contributed by atoms with Crippen molar-refractivity contribution in [3.05, 3.63) is 82.8 Å². The molecular weight excluding hydrogens is 542 g/mol. The van der Waals surface area contributed by atoms with Gasteiger partial charge in [-0.2, -0.15) is 5.10 Å². The maximum atomic E-state index is 12.6. The van der Waals surface area contributed by atoms with Crippen LogP contribution in [0.3, 0.4) is 0 Å². The molecule has 0 atom stereocenters. The maximum Gasteiger partial charge on any atom is 0.250 e. The third-order valence-electron chi connectivity index (χ3n) is 5.21. The molecule has 0 aliphatic heterocycles. The number of aromatic nitrogens is 3. The first-order valence-electron chi connectivity index (χ1n) is 10.9. The Hall–Kier alpha value is -3.63. The van der Waals surface area contributed by atoms with Crippen LogP contribution in [0, 0.1) is 0 Å². The molecule has 0 spiro atoms. The number of hydrogen-bond donors (Lipinski definition) is 1. The summed E-state index contributed by atoms with van der Waals surface area (Å²) in [6.45, 7) is 1.84. The Balaban J connectivity index is 1.56. The molecule has 3 aromatic carbocycles. The van der Waals surface area contributed by atoms with Crippen LogP contribution in [0.15, 0.2) is 87.5 Å². The molecule has 1 amide bonds. The summed E-state index contributed by atoms with van der Waals surface area (Å²) in [4.78, 5) is 12.6. The van der Waals surface area contributed by atoms with Crippen molar-refractivity contribution in [3.8, 4) is 28.6 Å². The van der Waals surface area contributed by atoms with Gasteiger partial charge in [0.1, 0.15) is 0 Å². The molecule has 36 heavy (non-hydrogen) atoms. The standard InChI is InChI=1S/C26H24BrN5O3S/c1-17(18-8-7-9-20(27)14-18)28-29-24(33)16-36-26-31-30-25(32(26)21-10-5-4-6-11-21)19-12-13-22(34-2)23(15-19)35-3/h4-15H,16H2,1-3H3,(H,29,33). The van der Waals surface area contributed by atoms with Crippen LogP contribution < -0.4 is 14.9 Å². The molecule has 0 aliphatic carbocycles. The van der Waals surface area contributed by atoms with Crippen molar-refractivity contribution in [2.45, 2.75) is 12.1 Å². The van der Waals surface area contributed by atoms with Gasteiger partial charge in [-0.3, -0.25) is 9.36 Å². The lowest BCUT2D eigenvalue weighted by Crippen LogP contribution is -2.21. The fourth-order valence-electron chi connectivity index (χ4n) is 3.42. The van der Waals surface area contributed by atoms with E-state index >= 15 is 0 Å². The molecule has 0 saturated heterocycles. The number of amides is 1. The fraction of sp³-hybridized carbons (Fsp3) is 0.154. The Morgan fingerprint density at radius 1 is 1.00 bits per heavy atom. The topological polar surface area (TPSA) is 90.6 Å². The number of methoxy groups -OCH3 is 2. The van der Waals surface area contributed by atoms with Gasteiger partial charge in [0.25, 0.3) is 5.91 Å². The number of rotatable bonds is 9. The third-order valence-corrected chi connectivity index (χ3v) is 6.63. The number of nitrogens with one attached hydrogen (secondary N) is 1. The van der Waals surface area contributed by atoms with Gasteiger partial charge in [0.15, 0.2) is 22.5 Å². The molecule has 0 unspecified atom stereocenters. The zero-order chi connectivity index (χ0) is 25.5. The highest BCUT2D eigenvalue weighted by molar-refractivity contribution is 9.10. The number of hydrazone groups is 1. The van der Waals surface area contributed by atoms with E-state index in [1.54, 1.807) is 14.2 Å². The number of para-hydroxylation sites is 1. The van der Waals surface area contributed by atoms with Gasteiger partial charge < -0.3 is 9.47 Å². The maximum absolute atomic E-state index is 12.6. The smallest absolute Gasteiger partial charge is 0.250 e. The number of carbonyl (C=O) groups excluding carboxylic acids is 1. The van der Waals surface area contributed by atoms with Crippen molar-refractivity contribution in [1.29, 1.82) is 0 Å². The summed E-state index contributed by atoms with van der Waals surface area (Å²) in [5, 5.41) is 13.6. The number of nitrogens with zero attached hydrogens (tertiary/aromatic N) is 4. The van der Waals surface area contributed by atoms with Gasteiger partial charge in [0, 0.05) is 15.7 Å². The molecule has 0 saturated carbocycles. The molecule has 1 aromatic heterocycles. The minimum Gasteiger partial charge on any atom is -0.493 e. The summed E-state index contributed by atoms with van der Waals surface area (Å²) in [5.74, 6) is 1.70. The van der Waals surface area contributed by atoms with Gasteiger partial charge in [0.2, 0.25) is 0 Å². The second kappa shape index (κ2) is 11.9. The molecule has 0 aliphatic rings. The second-order valence-corrected chi connectivity index (χ2v) is 9.44. The van der Waals surface area contributed by atoms with Crippen LogP contribution in [0.25, 0.3) is 17.1 Å². The number of ether oxygens (including phenoxy) is 2. The zero-order valence-corrected chi connectivity index (χ0v) is 22.3. The second-order valence-electron chi connectivity index (χ2n) is 7.58. The number of halogens is 1. The molecular formula is C26H24BrN5O3S. The lowest BCUT2D eigenvalue weighted by Gasteiger charge is -2.12. The number of thioether (sulfide) groups is 1. The van der Waals surface area contributed by atoms with E-state index < -0.39 is 0 Å². The van der Waals surface area contributed by atoms with Crippen LogP contribution in [0.2, 0.25) is 0 Å². The number of benzene rings is 3. The molecule has 184 valence electrons. The predicted molar refractivity (Wildman–Crippen MR) is 145 cm³/mol. The Kier molecular flexibility index (Phi) is 8.40. The van der Waals surface area contributed by atoms with Crippen molar-refractivity contribution < 1.29 is 14.3 Å². The zero-order valence-electron chi connectivity index (χ0n) is 19.9. The highest BCUT2D eigenvalue weighted by Gasteiger charge is 2.18. The van der Waals surface area contributed by atoms with Crippen LogP contribution in [-0.2, 0) is 4.79 Å². The fourth-order valence-corrected chi connectivity index (χ4v) is 4.57. The van der Waals surface area contributed by atoms with Crippen LogP contribution in [-0.4, -0.2) is 46.4 Å². The van der Waals surface area contributed by atoms with Gasteiger partial charge in [-0.25, -0.2) is 5.43 Å². The van der Waals surface area contributed by atoms with Crippen LogP contribution in [0.5, 0.6) is 11.5 Å². The molecule has 0 radical (unpaired) electrons. The predicted octanol–water partition coefficient (Wildman–Crippen LogP) is 5.35. The van der Waals surface area contributed by atoms with E-state index in [1.165, 1.54) is 11.8 Å². The molecule has 0 fully saturated rings. The lowest BCUT2D eigenvalue weighted by atomic mass is 10.1. The molecule has 4 aromatic rings. The first-order chi connectivity index (χ1) is 17.5. The quantitative estimate of drug-likeness (QED) is 0.167. The molecule has 0 bridgehead atoms. The first kappa shape index (κ1) is 25.5. The molecule has 10 heteroatoms. The van der Waals surface area contributed by atoms with Crippen LogP contribution in [0.4, 0.5) is 0 Å².